The van der Waals surface area contributed by atoms with E-state index in [1.165, 1.54) is 13.0 Å². The van der Waals surface area contributed by atoms with Crippen LogP contribution in [-0.4, -0.2) is 19.6 Å². The first kappa shape index (κ1) is 17.1. The summed E-state index contributed by atoms with van der Waals surface area (Å²) in [4.78, 5) is 37.9. The molecule has 0 fully saturated rings. The molecule has 0 heterocycles. The Morgan fingerprint density at radius 2 is 1.36 bits per heavy atom. The van der Waals surface area contributed by atoms with Crippen LogP contribution in [0.3, 0.4) is 0 Å². The fraction of sp³-hybridized carbons (Fsp3) is 0.143. The normalized spacial score (nSPS) is 12.5. The molecule has 2 aromatic carbocycles. The second-order valence-corrected chi connectivity index (χ2v) is 8.10. The molecule has 0 spiro atoms. The van der Waals surface area contributed by atoms with Crippen molar-refractivity contribution in [2.75, 3.05) is 0 Å². The van der Waals surface area contributed by atoms with Gasteiger partial charge in [-0.15, -0.1) is 0 Å². The number of rotatable bonds is 3. The molecule has 118 valence electrons. The zero-order chi connectivity index (χ0) is 16.7. The van der Waals surface area contributed by atoms with Crippen molar-refractivity contribution in [3.8, 4) is 11.1 Å². The lowest BCUT2D eigenvalue weighted by atomic mass is 9.97. The Balaban J connectivity index is 2.91. The third-order valence-corrected chi connectivity index (χ3v) is 5.85. The minimum absolute atomic E-state index is 0.188. The van der Waals surface area contributed by atoms with Crippen LogP contribution in [0.2, 0.25) is 0 Å². The van der Waals surface area contributed by atoms with Crippen molar-refractivity contribution in [1.82, 2.24) is 0 Å². The topological polar surface area (TPSA) is 115 Å². The van der Waals surface area contributed by atoms with Crippen molar-refractivity contribution in [2.45, 2.75) is 13.8 Å². The van der Waals surface area contributed by atoms with Crippen LogP contribution in [-0.2, 0) is 9.13 Å². The van der Waals surface area contributed by atoms with Gasteiger partial charge in [0.2, 0.25) is 0 Å². The van der Waals surface area contributed by atoms with Crippen LogP contribution in [0.4, 0.5) is 0 Å². The first-order valence-corrected chi connectivity index (χ1v) is 9.58. The highest BCUT2D eigenvalue weighted by Crippen LogP contribution is 2.43. The molecule has 0 saturated carbocycles. The monoisotopic (exact) mass is 342 g/mol. The summed E-state index contributed by atoms with van der Waals surface area (Å²) >= 11 is 0. The van der Waals surface area contributed by atoms with Gasteiger partial charge in [-0.05, 0) is 42.2 Å². The third kappa shape index (κ3) is 3.23. The molecule has 0 amide bonds. The van der Waals surface area contributed by atoms with Gasteiger partial charge in [0.1, 0.15) is 0 Å². The summed E-state index contributed by atoms with van der Waals surface area (Å²) in [6, 6.07) is 10.1. The van der Waals surface area contributed by atoms with Gasteiger partial charge in [0.05, 0.1) is 10.6 Å². The Morgan fingerprint density at radius 3 is 1.82 bits per heavy atom. The van der Waals surface area contributed by atoms with Crippen molar-refractivity contribution in [1.29, 1.82) is 0 Å². The van der Waals surface area contributed by atoms with E-state index < -0.39 is 25.8 Å². The maximum absolute atomic E-state index is 11.7. The van der Waals surface area contributed by atoms with Crippen LogP contribution in [0.1, 0.15) is 11.1 Å². The van der Waals surface area contributed by atoms with E-state index in [1.807, 2.05) is 0 Å². The average Bonchev–Trinajstić information content (AvgIpc) is 2.39. The van der Waals surface area contributed by atoms with Gasteiger partial charge in [0, 0.05) is 0 Å². The van der Waals surface area contributed by atoms with Gasteiger partial charge in [-0.3, -0.25) is 9.13 Å². The number of hydrogen-bond acceptors (Lipinski definition) is 2. The second-order valence-electron chi connectivity index (χ2n) is 5.00. The summed E-state index contributed by atoms with van der Waals surface area (Å²) < 4.78 is 23.4. The van der Waals surface area contributed by atoms with Crippen LogP contribution in [0, 0.1) is 13.8 Å². The summed E-state index contributed by atoms with van der Waals surface area (Å²) in [5, 5.41) is -1.21. The van der Waals surface area contributed by atoms with Crippen molar-refractivity contribution in [3.05, 3.63) is 47.5 Å². The van der Waals surface area contributed by atoms with Crippen molar-refractivity contribution in [2.24, 2.45) is 0 Å². The molecule has 0 aromatic heterocycles. The molecule has 0 aliphatic rings. The molecule has 2 rings (SSSR count). The van der Waals surface area contributed by atoms with E-state index in [1.54, 1.807) is 37.3 Å². The molecule has 0 radical (unpaired) electrons. The van der Waals surface area contributed by atoms with Crippen LogP contribution < -0.4 is 10.6 Å². The summed E-state index contributed by atoms with van der Waals surface area (Å²) in [5.41, 5.74) is 2.01. The third-order valence-electron chi connectivity index (χ3n) is 3.54. The largest absolute Gasteiger partial charge is 0.357 e. The Kier molecular flexibility index (Phi) is 4.46. The summed E-state index contributed by atoms with van der Waals surface area (Å²) in [7, 11) is -9.66. The van der Waals surface area contributed by atoms with Gasteiger partial charge in [-0.1, -0.05) is 30.3 Å². The van der Waals surface area contributed by atoms with Gasteiger partial charge < -0.3 is 19.6 Å². The number of benzene rings is 2. The molecule has 8 heteroatoms. The molecule has 0 atom stereocenters. The van der Waals surface area contributed by atoms with Gasteiger partial charge in [0.25, 0.3) is 0 Å². The lowest BCUT2D eigenvalue weighted by molar-refractivity contribution is 0.381. The summed E-state index contributed by atoms with van der Waals surface area (Å²) in [6.45, 7) is 3.12. The zero-order valence-electron chi connectivity index (χ0n) is 12.0. The van der Waals surface area contributed by atoms with Crippen molar-refractivity contribution in [3.63, 3.8) is 0 Å². The molecular weight excluding hydrogens is 326 g/mol. The summed E-state index contributed by atoms with van der Waals surface area (Å²) in [6.07, 6.45) is 0. The van der Waals surface area contributed by atoms with Gasteiger partial charge >= 0.3 is 15.2 Å². The Morgan fingerprint density at radius 1 is 0.818 bits per heavy atom. The first-order valence-electron chi connectivity index (χ1n) is 6.35. The van der Waals surface area contributed by atoms with Crippen LogP contribution in [0.25, 0.3) is 11.1 Å². The minimum Gasteiger partial charge on any atom is -0.321 e. The van der Waals surface area contributed by atoms with E-state index in [2.05, 4.69) is 0 Å². The Hall–Kier alpha value is -1.26. The quantitative estimate of drug-likeness (QED) is 0.630. The molecule has 0 aliphatic heterocycles. The zero-order valence-corrected chi connectivity index (χ0v) is 13.8. The van der Waals surface area contributed by atoms with E-state index in [4.69, 9.17) is 0 Å². The van der Waals surface area contributed by atoms with Crippen LogP contribution >= 0.6 is 15.2 Å². The predicted molar refractivity (Wildman–Crippen MR) is 84.7 cm³/mol. The van der Waals surface area contributed by atoms with Gasteiger partial charge in [-0.2, -0.15) is 0 Å². The standard InChI is InChI=1S/C14H16O6P2/c1-9-10(2)14(22(18,19)20)13(21(15,16)17)8-12(9)11-6-4-3-5-7-11/h3-8H,1-2H3,(H2,15,16,17)(H2,18,19,20). The Bertz CT molecular complexity index is 804. The maximum atomic E-state index is 11.7. The highest BCUT2D eigenvalue weighted by atomic mass is 31.2. The van der Waals surface area contributed by atoms with Gasteiger partial charge in [-0.25, -0.2) is 0 Å². The smallest absolute Gasteiger partial charge is 0.321 e. The van der Waals surface area contributed by atoms with E-state index in [0.29, 0.717) is 11.1 Å². The maximum Gasteiger partial charge on any atom is 0.357 e. The average molecular weight is 342 g/mol. The van der Waals surface area contributed by atoms with E-state index >= 15 is 0 Å². The van der Waals surface area contributed by atoms with Gasteiger partial charge in [0.15, 0.2) is 0 Å². The molecular formula is C14H16O6P2. The predicted octanol–water partition coefficient (Wildman–Crippen LogP) is 1.58. The molecule has 0 aliphatic carbocycles. The molecule has 6 nitrogen and oxygen atoms in total. The molecule has 0 unspecified atom stereocenters. The Labute approximate surface area is 127 Å². The highest BCUT2D eigenvalue weighted by Gasteiger charge is 2.34. The lowest BCUT2D eigenvalue weighted by Gasteiger charge is -2.20. The van der Waals surface area contributed by atoms with E-state index in [0.717, 1.165) is 5.56 Å². The lowest BCUT2D eigenvalue weighted by Crippen LogP contribution is -2.29. The molecule has 0 saturated heterocycles. The molecule has 2 aromatic rings. The van der Waals surface area contributed by atoms with Crippen LogP contribution in [0.15, 0.2) is 36.4 Å². The molecule has 0 bridgehead atoms. The van der Waals surface area contributed by atoms with Crippen molar-refractivity contribution >= 4 is 25.8 Å². The minimum atomic E-state index is -4.84. The van der Waals surface area contributed by atoms with E-state index in [9.17, 15) is 28.7 Å². The fourth-order valence-corrected chi connectivity index (χ4v) is 4.88. The fourth-order valence-electron chi connectivity index (χ4n) is 2.39. The van der Waals surface area contributed by atoms with Crippen molar-refractivity contribution < 1.29 is 28.7 Å². The van der Waals surface area contributed by atoms with E-state index in [-0.39, 0.29) is 5.56 Å². The number of hydrogen-bond donors (Lipinski definition) is 4. The summed E-state index contributed by atoms with van der Waals surface area (Å²) in [5.74, 6) is 0. The molecule has 22 heavy (non-hydrogen) atoms. The SMILES string of the molecule is Cc1c(-c2ccccc2)cc(P(=O)(O)O)c(P(=O)(O)O)c1C. The highest BCUT2D eigenvalue weighted by molar-refractivity contribution is 7.67. The molecule has 4 N–H and O–H groups in total. The van der Waals surface area contributed by atoms with Crippen LogP contribution in [0.5, 0.6) is 0 Å². The second kappa shape index (κ2) is 5.74. The first-order chi connectivity index (χ1) is 10.0.